The van der Waals surface area contributed by atoms with E-state index in [9.17, 15) is 0 Å². The molecule has 0 amide bonds. The van der Waals surface area contributed by atoms with Crippen LogP contribution in [-0.2, 0) is 0 Å². The average Bonchev–Trinajstić information content (AvgIpc) is 2.67. The second-order valence-electron chi connectivity index (χ2n) is 5.44. The van der Waals surface area contributed by atoms with Crippen LogP contribution in [0.5, 0.6) is 0 Å². The second-order valence-corrected chi connectivity index (χ2v) is 6.91. The molecule has 0 aromatic carbocycles. The SMILES string of the molecule is CCCNC(CSC(C)CC)C1=CCCCCC1. The van der Waals surface area contributed by atoms with E-state index in [1.807, 2.05) is 0 Å². The van der Waals surface area contributed by atoms with Crippen molar-refractivity contribution in [3.63, 3.8) is 0 Å². The predicted molar refractivity (Wildman–Crippen MR) is 85.5 cm³/mol. The van der Waals surface area contributed by atoms with Crippen molar-refractivity contribution in [1.29, 1.82) is 0 Å². The largest absolute Gasteiger partial charge is 0.310 e. The first kappa shape index (κ1) is 16.1. The van der Waals surface area contributed by atoms with Gasteiger partial charge in [-0.1, -0.05) is 38.8 Å². The molecule has 1 N–H and O–H groups in total. The third-order valence-electron chi connectivity index (χ3n) is 3.79. The highest BCUT2D eigenvalue weighted by molar-refractivity contribution is 7.99. The van der Waals surface area contributed by atoms with Crippen LogP contribution in [0, 0.1) is 0 Å². The van der Waals surface area contributed by atoms with Gasteiger partial charge < -0.3 is 5.32 Å². The lowest BCUT2D eigenvalue weighted by molar-refractivity contribution is 0.583. The van der Waals surface area contributed by atoms with Gasteiger partial charge in [0.1, 0.15) is 0 Å². The zero-order chi connectivity index (χ0) is 13.2. The van der Waals surface area contributed by atoms with E-state index in [0.29, 0.717) is 6.04 Å². The van der Waals surface area contributed by atoms with Gasteiger partial charge in [-0.2, -0.15) is 11.8 Å². The smallest absolute Gasteiger partial charge is 0.0370 e. The van der Waals surface area contributed by atoms with Crippen molar-refractivity contribution >= 4 is 11.8 Å². The average molecular weight is 269 g/mol. The molecule has 18 heavy (non-hydrogen) atoms. The summed E-state index contributed by atoms with van der Waals surface area (Å²) in [5.74, 6) is 1.25. The Hall–Kier alpha value is 0.0500. The highest BCUT2D eigenvalue weighted by Gasteiger charge is 2.16. The molecule has 0 saturated carbocycles. The van der Waals surface area contributed by atoms with E-state index < -0.39 is 0 Å². The topological polar surface area (TPSA) is 12.0 Å². The summed E-state index contributed by atoms with van der Waals surface area (Å²) in [6.45, 7) is 8.05. The summed E-state index contributed by atoms with van der Waals surface area (Å²) in [6, 6.07) is 0.627. The Bertz CT molecular complexity index is 237. The van der Waals surface area contributed by atoms with Gasteiger partial charge in [0.2, 0.25) is 0 Å². The normalized spacial score (nSPS) is 20.1. The molecular weight excluding hydrogens is 238 g/mol. The molecule has 2 atom stereocenters. The molecule has 0 aliphatic heterocycles. The van der Waals surface area contributed by atoms with Crippen molar-refractivity contribution in [2.24, 2.45) is 0 Å². The van der Waals surface area contributed by atoms with Crippen LogP contribution in [0.2, 0.25) is 0 Å². The highest BCUT2D eigenvalue weighted by Crippen LogP contribution is 2.24. The standard InChI is InChI=1S/C16H31NS/c1-4-12-17-16(13-18-14(3)5-2)15-10-8-6-7-9-11-15/h10,14,16-17H,4-9,11-13H2,1-3H3. The number of hydrogen-bond donors (Lipinski definition) is 1. The summed E-state index contributed by atoms with van der Waals surface area (Å²) in [5, 5.41) is 4.55. The summed E-state index contributed by atoms with van der Waals surface area (Å²) in [7, 11) is 0. The number of nitrogens with one attached hydrogen (secondary N) is 1. The summed E-state index contributed by atoms with van der Waals surface area (Å²) in [6.07, 6.45) is 11.9. The molecule has 0 saturated heterocycles. The van der Waals surface area contributed by atoms with E-state index >= 15 is 0 Å². The molecule has 0 fully saturated rings. The highest BCUT2D eigenvalue weighted by atomic mass is 32.2. The van der Waals surface area contributed by atoms with Crippen molar-refractivity contribution in [2.75, 3.05) is 12.3 Å². The van der Waals surface area contributed by atoms with Crippen molar-refractivity contribution in [1.82, 2.24) is 5.32 Å². The summed E-state index contributed by atoms with van der Waals surface area (Å²) in [4.78, 5) is 0. The summed E-state index contributed by atoms with van der Waals surface area (Å²) >= 11 is 2.13. The van der Waals surface area contributed by atoms with Gasteiger partial charge >= 0.3 is 0 Å². The van der Waals surface area contributed by atoms with Crippen molar-refractivity contribution in [3.05, 3.63) is 11.6 Å². The van der Waals surface area contributed by atoms with Gasteiger partial charge in [-0.05, 0) is 45.1 Å². The molecule has 2 unspecified atom stereocenters. The van der Waals surface area contributed by atoms with Gasteiger partial charge in [0.15, 0.2) is 0 Å². The molecule has 1 nitrogen and oxygen atoms in total. The van der Waals surface area contributed by atoms with Gasteiger partial charge in [-0.15, -0.1) is 0 Å². The molecule has 1 aliphatic rings. The maximum absolute atomic E-state index is 3.76. The van der Waals surface area contributed by atoms with Crippen LogP contribution in [-0.4, -0.2) is 23.6 Å². The first-order valence-corrected chi connectivity index (χ1v) is 8.86. The van der Waals surface area contributed by atoms with Crippen molar-refractivity contribution < 1.29 is 0 Å². The fourth-order valence-electron chi connectivity index (χ4n) is 2.35. The number of hydrogen-bond acceptors (Lipinski definition) is 2. The Morgan fingerprint density at radius 2 is 2.11 bits per heavy atom. The van der Waals surface area contributed by atoms with E-state index in [1.165, 1.54) is 50.7 Å². The summed E-state index contributed by atoms with van der Waals surface area (Å²) < 4.78 is 0. The molecule has 2 heteroatoms. The molecular formula is C16H31NS. The fourth-order valence-corrected chi connectivity index (χ4v) is 3.44. The lowest BCUT2D eigenvalue weighted by Gasteiger charge is -2.23. The molecule has 0 spiro atoms. The minimum absolute atomic E-state index is 0.627. The van der Waals surface area contributed by atoms with Crippen LogP contribution in [0.1, 0.15) is 65.7 Å². The van der Waals surface area contributed by atoms with Gasteiger partial charge in [0, 0.05) is 17.0 Å². The molecule has 0 aromatic heterocycles. The molecule has 106 valence electrons. The Morgan fingerprint density at radius 3 is 2.83 bits per heavy atom. The molecule has 0 bridgehead atoms. The second kappa shape index (κ2) is 9.91. The third kappa shape index (κ3) is 6.29. The lowest BCUT2D eigenvalue weighted by atomic mass is 10.0. The van der Waals surface area contributed by atoms with E-state index in [2.05, 4.69) is 43.9 Å². The van der Waals surface area contributed by atoms with Gasteiger partial charge in [0.25, 0.3) is 0 Å². The fraction of sp³-hybridized carbons (Fsp3) is 0.875. The van der Waals surface area contributed by atoms with Gasteiger partial charge in [0.05, 0.1) is 0 Å². The minimum Gasteiger partial charge on any atom is -0.310 e. The quantitative estimate of drug-likeness (QED) is 0.637. The van der Waals surface area contributed by atoms with E-state index in [4.69, 9.17) is 0 Å². The number of thioether (sulfide) groups is 1. The minimum atomic E-state index is 0.627. The molecule has 1 aliphatic carbocycles. The van der Waals surface area contributed by atoms with Crippen LogP contribution >= 0.6 is 11.8 Å². The van der Waals surface area contributed by atoms with E-state index in [0.717, 1.165) is 11.8 Å². The van der Waals surface area contributed by atoms with E-state index in [-0.39, 0.29) is 0 Å². The predicted octanol–water partition coefficient (Wildman–Crippen LogP) is 4.78. The maximum atomic E-state index is 3.76. The van der Waals surface area contributed by atoms with Crippen molar-refractivity contribution in [3.8, 4) is 0 Å². The zero-order valence-corrected chi connectivity index (χ0v) is 13.3. The van der Waals surface area contributed by atoms with Crippen LogP contribution in [0.4, 0.5) is 0 Å². The van der Waals surface area contributed by atoms with Crippen LogP contribution in [0.25, 0.3) is 0 Å². The maximum Gasteiger partial charge on any atom is 0.0370 e. The monoisotopic (exact) mass is 269 g/mol. The Morgan fingerprint density at radius 1 is 1.28 bits per heavy atom. The van der Waals surface area contributed by atoms with Gasteiger partial charge in [-0.3, -0.25) is 0 Å². The zero-order valence-electron chi connectivity index (χ0n) is 12.5. The number of allylic oxidation sites excluding steroid dienone is 1. The Balaban J connectivity index is 2.49. The van der Waals surface area contributed by atoms with Crippen LogP contribution in [0.3, 0.4) is 0 Å². The Labute approximate surface area is 118 Å². The molecule has 0 heterocycles. The first-order chi connectivity index (χ1) is 8.77. The third-order valence-corrected chi connectivity index (χ3v) is 5.21. The van der Waals surface area contributed by atoms with Crippen LogP contribution < -0.4 is 5.32 Å². The van der Waals surface area contributed by atoms with E-state index in [1.54, 1.807) is 5.57 Å². The molecule has 0 aromatic rings. The summed E-state index contributed by atoms with van der Waals surface area (Å²) in [5.41, 5.74) is 1.69. The first-order valence-electron chi connectivity index (χ1n) is 7.81. The van der Waals surface area contributed by atoms with Crippen LogP contribution in [0.15, 0.2) is 11.6 Å². The Kier molecular flexibility index (Phi) is 8.87. The lowest BCUT2D eigenvalue weighted by Crippen LogP contribution is -2.34. The van der Waals surface area contributed by atoms with Crippen molar-refractivity contribution in [2.45, 2.75) is 77.0 Å². The molecule has 0 radical (unpaired) electrons. The van der Waals surface area contributed by atoms with Gasteiger partial charge in [-0.25, -0.2) is 0 Å². The number of rotatable bonds is 8. The molecule has 1 rings (SSSR count).